The summed E-state index contributed by atoms with van der Waals surface area (Å²) in [6.07, 6.45) is -0.148. The molecule has 0 saturated heterocycles. The monoisotopic (exact) mass is 298 g/mol. The van der Waals surface area contributed by atoms with Crippen LogP contribution in [0.4, 0.5) is 11.4 Å². The molecule has 0 amide bonds. The van der Waals surface area contributed by atoms with Crippen LogP contribution in [0.15, 0.2) is 48.5 Å². The molecule has 22 heavy (non-hydrogen) atoms. The highest BCUT2D eigenvalue weighted by Gasteiger charge is 2.12. The number of benzene rings is 2. The van der Waals surface area contributed by atoms with Crippen LogP contribution in [0.3, 0.4) is 0 Å². The van der Waals surface area contributed by atoms with E-state index in [2.05, 4.69) is 24.4 Å². The third-order valence-electron chi connectivity index (χ3n) is 3.30. The molecule has 0 heterocycles. The molecule has 0 spiro atoms. The molecule has 4 heteroatoms. The van der Waals surface area contributed by atoms with E-state index in [0.29, 0.717) is 11.3 Å². The topological polar surface area (TPSA) is 64.3 Å². The summed E-state index contributed by atoms with van der Waals surface area (Å²) in [6.45, 7) is 5.70. The molecular formula is C18H22N2O2. The fourth-order valence-electron chi connectivity index (χ4n) is 2.16. The van der Waals surface area contributed by atoms with E-state index in [-0.39, 0.29) is 18.1 Å². The van der Waals surface area contributed by atoms with Gasteiger partial charge in [-0.1, -0.05) is 30.3 Å². The Bertz CT molecular complexity index is 639. The van der Waals surface area contributed by atoms with Crippen molar-refractivity contribution in [2.45, 2.75) is 32.9 Å². The highest BCUT2D eigenvalue weighted by atomic mass is 16.5. The summed E-state index contributed by atoms with van der Waals surface area (Å²) in [4.78, 5) is 11.9. The van der Waals surface area contributed by atoms with E-state index in [1.165, 1.54) is 5.56 Å². The van der Waals surface area contributed by atoms with Gasteiger partial charge in [0.05, 0.1) is 23.0 Å². The molecule has 2 rings (SSSR count). The number of carbonyl (C=O) groups excluding carboxylic acids is 1. The van der Waals surface area contributed by atoms with E-state index in [1.807, 2.05) is 38.1 Å². The number of ether oxygens (including phenoxy) is 1. The predicted molar refractivity (Wildman–Crippen MR) is 89.9 cm³/mol. The van der Waals surface area contributed by atoms with Gasteiger partial charge in [0.2, 0.25) is 0 Å². The number of carbonyl (C=O) groups is 1. The highest BCUT2D eigenvalue weighted by Crippen LogP contribution is 2.25. The van der Waals surface area contributed by atoms with Gasteiger partial charge in [-0.15, -0.1) is 0 Å². The number of hydrogen-bond donors (Lipinski definition) is 2. The summed E-state index contributed by atoms with van der Waals surface area (Å²) in [5.74, 6) is -0.357. The first-order chi connectivity index (χ1) is 10.5. The van der Waals surface area contributed by atoms with Crippen molar-refractivity contribution in [3.8, 4) is 0 Å². The van der Waals surface area contributed by atoms with E-state index in [4.69, 9.17) is 10.5 Å². The highest BCUT2D eigenvalue weighted by molar-refractivity contribution is 5.92. The van der Waals surface area contributed by atoms with Gasteiger partial charge in [0.15, 0.2) is 0 Å². The van der Waals surface area contributed by atoms with Gasteiger partial charge in [0.25, 0.3) is 0 Å². The van der Waals surface area contributed by atoms with Crippen molar-refractivity contribution in [1.29, 1.82) is 0 Å². The van der Waals surface area contributed by atoms with Gasteiger partial charge in [0, 0.05) is 6.04 Å². The number of rotatable bonds is 5. The SMILES string of the molecule is CC(C)OC(=O)c1ccc(N[C@H](C)c2ccccc2)c(N)c1. The van der Waals surface area contributed by atoms with E-state index in [1.54, 1.807) is 12.1 Å². The molecule has 0 aliphatic heterocycles. The summed E-state index contributed by atoms with van der Waals surface area (Å²) in [5.41, 5.74) is 9.01. The summed E-state index contributed by atoms with van der Waals surface area (Å²) in [7, 11) is 0. The van der Waals surface area contributed by atoms with Crippen LogP contribution >= 0.6 is 0 Å². The van der Waals surface area contributed by atoms with Crippen molar-refractivity contribution < 1.29 is 9.53 Å². The standard InChI is InChI=1S/C18H22N2O2/c1-12(2)22-18(21)15-9-10-17(16(19)11-15)20-13(3)14-7-5-4-6-8-14/h4-13,20H,19H2,1-3H3/t13-/m1/s1. The van der Waals surface area contributed by atoms with Crippen LogP contribution in [0, 0.1) is 0 Å². The molecule has 0 radical (unpaired) electrons. The van der Waals surface area contributed by atoms with Crippen LogP contribution in [0.1, 0.15) is 42.7 Å². The molecule has 2 aromatic carbocycles. The largest absolute Gasteiger partial charge is 0.459 e. The van der Waals surface area contributed by atoms with Gasteiger partial charge >= 0.3 is 5.97 Å². The van der Waals surface area contributed by atoms with Crippen LogP contribution < -0.4 is 11.1 Å². The zero-order valence-corrected chi connectivity index (χ0v) is 13.2. The Morgan fingerprint density at radius 3 is 2.36 bits per heavy atom. The smallest absolute Gasteiger partial charge is 0.338 e. The predicted octanol–water partition coefficient (Wildman–Crippen LogP) is 4.01. The summed E-state index contributed by atoms with van der Waals surface area (Å²) >= 11 is 0. The maximum Gasteiger partial charge on any atom is 0.338 e. The number of nitrogen functional groups attached to an aromatic ring is 1. The summed E-state index contributed by atoms with van der Waals surface area (Å²) in [5, 5.41) is 3.36. The Hall–Kier alpha value is -2.49. The van der Waals surface area contributed by atoms with Gasteiger partial charge < -0.3 is 15.8 Å². The summed E-state index contributed by atoms with van der Waals surface area (Å²) in [6, 6.07) is 15.4. The zero-order valence-electron chi connectivity index (χ0n) is 13.2. The van der Waals surface area contributed by atoms with Crippen molar-refractivity contribution in [3.63, 3.8) is 0 Å². The molecule has 0 bridgehead atoms. The van der Waals surface area contributed by atoms with Crippen molar-refractivity contribution in [2.75, 3.05) is 11.1 Å². The van der Waals surface area contributed by atoms with E-state index < -0.39 is 0 Å². The van der Waals surface area contributed by atoms with Crippen LogP contribution in [-0.2, 0) is 4.74 Å². The van der Waals surface area contributed by atoms with Gasteiger partial charge in [-0.2, -0.15) is 0 Å². The molecule has 0 unspecified atom stereocenters. The lowest BCUT2D eigenvalue weighted by atomic mass is 10.1. The molecule has 0 fully saturated rings. The fourth-order valence-corrected chi connectivity index (χ4v) is 2.16. The first-order valence-corrected chi connectivity index (χ1v) is 7.39. The second-order valence-electron chi connectivity index (χ2n) is 5.53. The molecule has 3 N–H and O–H groups in total. The maximum absolute atomic E-state index is 11.9. The first-order valence-electron chi connectivity index (χ1n) is 7.39. The Balaban J connectivity index is 2.11. The minimum atomic E-state index is -0.357. The van der Waals surface area contributed by atoms with Crippen LogP contribution in [0.2, 0.25) is 0 Å². The molecule has 0 aromatic heterocycles. The lowest BCUT2D eigenvalue weighted by Crippen LogP contribution is -2.13. The average molecular weight is 298 g/mol. The first kappa shape index (κ1) is 15.9. The molecule has 4 nitrogen and oxygen atoms in total. The number of hydrogen-bond acceptors (Lipinski definition) is 4. The summed E-state index contributed by atoms with van der Waals surface area (Å²) < 4.78 is 5.17. The quantitative estimate of drug-likeness (QED) is 0.646. The van der Waals surface area contributed by atoms with Crippen LogP contribution in [0.25, 0.3) is 0 Å². The Kier molecular flexibility index (Phi) is 5.04. The third kappa shape index (κ3) is 4.01. The third-order valence-corrected chi connectivity index (χ3v) is 3.30. The van der Waals surface area contributed by atoms with Crippen molar-refractivity contribution in [3.05, 3.63) is 59.7 Å². The normalized spacial score (nSPS) is 12.0. The zero-order chi connectivity index (χ0) is 16.1. The number of nitrogens with one attached hydrogen (secondary N) is 1. The Morgan fingerprint density at radius 1 is 1.09 bits per heavy atom. The van der Waals surface area contributed by atoms with Gasteiger partial charge in [-0.05, 0) is 44.5 Å². The second-order valence-corrected chi connectivity index (χ2v) is 5.53. The van der Waals surface area contributed by atoms with Gasteiger partial charge in [-0.3, -0.25) is 0 Å². The molecule has 116 valence electrons. The molecule has 2 aromatic rings. The number of nitrogens with two attached hydrogens (primary N) is 1. The average Bonchev–Trinajstić information content (AvgIpc) is 2.49. The lowest BCUT2D eigenvalue weighted by Gasteiger charge is -2.18. The van der Waals surface area contributed by atoms with Crippen LogP contribution in [0.5, 0.6) is 0 Å². The molecular weight excluding hydrogens is 276 g/mol. The van der Waals surface area contributed by atoms with E-state index in [0.717, 1.165) is 5.69 Å². The van der Waals surface area contributed by atoms with Crippen LogP contribution in [-0.4, -0.2) is 12.1 Å². The minimum Gasteiger partial charge on any atom is -0.459 e. The molecule has 0 aliphatic rings. The van der Waals surface area contributed by atoms with Gasteiger partial charge in [-0.25, -0.2) is 4.79 Å². The number of anilines is 2. The van der Waals surface area contributed by atoms with Gasteiger partial charge in [0.1, 0.15) is 0 Å². The van der Waals surface area contributed by atoms with E-state index >= 15 is 0 Å². The number of esters is 1. The van der Waals surface area contributed by atoms with Crippen molar-refractivity contribution in [2.24, 2.45) is 0 Å². The minimum absolute atomic E-state index is 0.122. The maximum atomic E-state index is 11.9. The molecule has 1 atom stereocenters. The Morgan fingerprint density at radius 2 is 1.77 bits per heavy atom. The van der Waals surface area contributed by atoms with E-state index in [9.17, 15) is 4.79 Å². The van der Waals surface area contributed by atoms with Crippen molar-refractivity contribution >= 4 is 17.3 Å². The second kappa shape index (κ2) is 6.98. The Labute approximate surface area is 131 Å². The molecule has 0 saturated carbocycles. The van der Waals surface area contributed by atoms with Crippen molar-refractivity contribution in [1.82, 2.24) is 0 Å². The lowest BCUT2D eigenvalue weighted by molar-refractivity contribution is 0.0378. The fraction of sp³-hybridized carbons (Fsp3) is 0.278. The molecule has 0 aliphatic carbocycles.